The van der Waals surface area contributed by atoms with Gasteiger partial charge < -0.3 is 15.2 Å². The summed E-state index contributed by atoms with van der Waals surface area (Å²) in [7, 11) is 1.96. The number of nitrogens with one attached hydrogen (secondary N) is 1. The van der Waals surface area contributed by atoms with Crippen LogP contribution >= 0.6 is 0 Å². The van der Waals surface area contributed by atoms with Crippen LogP contribution in [0, 0.1) is 5.92 Å². The van der Waals surface area contributed by atoms with Crippen molar-refractivity contribution in [2.45, 2.75) is 31.1 Å². The van der Waals surface area contributed by atoms with Crippen LogP contribution in [0.25, 0.3) is 0 Å². The lowest BCUT2D eigenvalue weighted by Crippen LogP contribution is -2.32. The molecule has 0 spiro atoms. The Bertz CT molecular complexity index is 149. The van der Waals surface area contributed by atoms with Crippen molar-refractivity contribution in [3.63, 3.8) is 0 Å². The van der Waals surface area contributed by atoms with Gasteiger partial charge in [0.25, 0.3) is 0 Å². The van der Waals surface area contributed by atoms with Gasteiger partial charge in [-0.05, 0) is 19.9 Å². The van der Waals surface area contributed by atoms with Crippen LogP contribution in [-0.4, -0.2) is 37.0 Å². The standard InChI is InChI=1S/C8H15NO2/c1-9-7-4-11-8-3-5(10)2-6(7)8/h5-10H,2-4H2,1H3/t5-,6-,7-,8-/m1/s1. The summed E-state index contributed by atoms with van der Waals surface area (Å²) in [6.45, 7) is 0.818. The molecule has 0 amide bonds. The van der Waals surface area contributed by atoms with Crippen LogP contribution < -0.4 is 5.32 Å². The fourth-order valence-electron chi connectivity index (χ4n) is 2.27. The zero-order valence-corrected chi connectivity index (χ0v) is 6.79. The average Bonchev–Trinajstić information content (AvgIpc) is 2.45. The molecule has 0 bridgehead atoms. The first kappa shape index (κ1) is 7.53. The van der Waals surface area contributed by atoms with Gasteiger partial charge in [0.1, 0.15) is 0 Å². The third-order valence-corrected chi connectivity index (χ3v) is 2.90. The molecule has 2 fully saturated rings. The minimum Gasteiger partial charge on any atom is -0.393 e. The Kier molecular flexibility index (Phi) is 1.87. The van der Waals surface area contributed by atoms with Gasteiger partial charge >= 0.3 is 0 Å². The summed E-state index contributed by atoms with van der Waals surface area (Å²) in [6.07, 6.45) is 1.95. The maximum Gasteiger partial charge on any atom is 0.0645 e. The van der Waals surface area contributed by atoms with Crippen LogP contribution in [0.2, 0.25) is 0 Å². The fraction of sp³-hybridized carbons (Fsp3) is 1.00. The summed E-state index contributed by atoms with van der Waals surface area (Å²) >= 11 is 0. The highest BCUT2D eigenvalue weighted by Gasteiger charge is 2.43. The minimum absolute atomic E-state index is 0.124. The highest BCUT2D eigenvalue weighted by Crippen LogP contribution is 2.35. The summed E-state index contributed by atoms with van der Waals surface area (Å²) in [5.41, 5.74) is 0. The number of aliphatic hydroxyl groups is 1. The smallest absolute Gasteiger partial charge is 0.0645 e. The molecule has 0 radical (unpaired) electrons. The van der Waals surface area contributed by atoms with Crippen molar-refractivity contribution >= 4 is 0 Å². The fourth-order valence-corrected chi connectivity index (χ4v) is 2.27. The molecule has 3 nitrogen and oxygen atoms in total. The quantitative estimate of drug-likeness (QED) is 0.551. The van der Waals surface area contributed by atoms with Crippen molar-refractivity contribution in [2.24, 2.45) is 5.92 Å². The number of fused-ring (bicyclic) bond motifs is 1. The van der Waals surface area contributed by atoms with E-state index in [1.54, 1.807) is 0 Å². The van der Waals surface area contributed by atoms with E-state index in [2.05, 4.69) is 5.32 Å². The van der Waals surface area contributed by atoms with Crippen molar-refractivity contribution in [1.82, 2.24) is 5.32 Å². The largest absolute Gasteiger partial charge is 0.393 e. The van der Waals surface area contributed by atoms with Gasteiger partial charge in [-0.15, -0.1) is 0 Å². The molecular weight excluding hydrogens is 142 g/mol. The van der Waals surface area contributed by atoms with Crippen molar-refractivity contribution in [1.29, 1.82) is 0 Å². The number of hydrogen-bond acceptors (Lipinski definition) is 3. The summed E-state index contributed by atoms with van der Waals surface area (Å²) in [4.78, 5) is 0. The number of aliphatic hydroxyl groups excluding tert-OH is 1. The lowest BCUT2D eigenvalue weighted by Gasteiger charge is -2.14. The summed E-state index contributed by atoms with van der Waals surface area (Å²) in [6, 6.07) is 0.470. The van der Waals surface area contributed by atoms with Crippen molar-refractivity contribution < 1.29 is 9.84 Å². The first-order valence-corrected chi connectivity index (χ1v) is 4.28. The van der Waals surface area contributed by atoms with Crippen LogP contribution in [-0.2, 0) is 4.74 Å². The Morgan fingerprint density at radius 2 is 2.27 bits per heavy atom. The van der Waals surface area contributed by atoms with E-state index in [0.29, 0.717) is 18.1 Å². The zero-order valence-electron chi connectivity index (χ0n) is 6.79. The van der Waals surface area contributed by atoms with E-state index in [-0.39, 0.29) is 6.10 Å². The topological polar surface area (TPSA) is 41.5 Å². The molecule has 1 heterocycles. The first-order valence-electron chi connectivity index (χ1n) is 4.28. The van der Waals surface area contributed by atoms with Crippen LogP contribution in [0.5, 0.6) is 0 Å². The molecule has 4 atom stereocenters. The molecule has 1 aliphatic heterocycles. The van der Waals surface area contributed by atoms with E-state index < -0.39 is 0 Å². The monoisotopic (exact) mass is 157 g/mol. The van der Waals surface area contributed by atoms with E-state index in [4.69, 9.17) is 4.74 Å². The lowest BCUT2D eigenvalue weighted by atomic mass is 10.00. The second kappa shape index (κ2) is 2.73. The van der Waals surface area contributed by atoms with Crippen LogP contribution in [0.15, 0.2) is 0 Å². The van der Waals surface area contributed by atoms with Crippen LogP contribution in [0.1, 0.15) is 12.8 Å². The Labute approximate surface area is 66.7 Å². The third kappa shape index (κ3) is 1.17. The molecule has 64 valence electrons. The molecule has 1 saturated carbocycles. The molecular formula is C8H15NO2. The van der Waals surface area contributed by atoms with Gasteiger partial charge in [0.05, 0.1) is 18.8 Å². The van der Waals surface area contributed by atoms with Crippen molar-refractivity contribution in [2.75, 3.05) is 13.7 Å². The van der Waals surface area contributed by atoms with Gasteiger partial charge in [0, 0.05) is 12.0 Å². The Hall–Kier alpha value is -0.120. The second-order valence-electron chi connectivity index (χ2n) is 3.56. The van der Waals surface area contributed by atoms with Crippen LogP contribution in [0.3, 0.4) is 0 Å². The normalized spacial score (nSPS) is 49.6. The highest BCUT2D eigenvalue weighted by atomic mass is 16.5. The van der Waals surface area contributed by atoms with Crippen molar-refractivity contribution in [3.05, 3.63) is 0 Å². The van der Waals surface area contributed by atoms with E-state index in [1.165, 1.54) is 0 Å². The molecule has 2 aliphatic rings. The van der Waals surface area contributed by atoms with E-state index >= 15 is 0 Å². The molecule has 0 unspecified atom stereocenters. The molecule has 3 heteroatoms. The van der Waals surface area contributed by atoms with Gasteiger partial charge in [-0.25, -0.2) is 0 Å². The molecule has 1 saturated heterocycles. The maximum atomic E-state index is 9.34. The van der Waals surface area contributed by atoms with Gasteiger partial charge in [0.15, 0.2) is 0 Å². The number of ether oxygens (including phenoxy) is 1. The number of hydrogen-bond donors (Lipinski definition) is 2. The Balaban J connectivity index is 2.01. The van der Waals surface area contributed by atoms with Crippen LogP contribution in [0.4, 0.5) is 0 Å². The third-order valence-electron chi connectivity index (χ3n) is 2.90. The zero-order chi connectivity index (χ0) is 7.84. The van der Waals surface area contributed by atoms with E-state index in [0.717, 1.165) is 19.4 Å². The molecule has 2 N–H and O–H groups in total. The maximum absolute atomic E-state index is 9.34. The lowest BCUT2D eigenvalue weighted by molar-refractivity contribution is 0.0802. The number of likely N-dealkylation sites (N-methyl/N-ethyl adjacent to an activating group) is 1. The van der Waals surface area contributed by atoms with Gasteiger partial charge in [-0.2, -0.15) is 0 Å². The molecule has 11 heavy (non-hydrogen) atoms. The Morgan fingerprint density at radius 1 is 1.45 bits per heavy atom. The molecule has 0 aromatic heterocycles. The Morgan fingerprint density at radius 3 is 3.00 bits per heavy atom. The van der Waals surface area contributed by atoms with Gasteiger partial charge in [-0.3, -0.25) is 0 Å². The highest BCUT2D eigenvalue weighted by molar-refractivity contribution is 4.95. The van der Waals surface area contributed by atoms with E-state index in [9.17, 15) is 5.11 Å². The molecule has 0 aromatic rings. The van der Waals surface area contributed by atoms with E-state index in [1.807, 2.05) is 7.05 Å². The molecule has 2 rings (SSSR count). The summed E-state index contributed by atoms with van der Waals surface area (Å²) in [5.74, 6) is 0.551. The average molecular weight is 157 g/mol. The van der Waals surface area contributed by atoms with Crippen molar-refractivity contribution in [3.8, 4) is 0 Å². The molecule has 0 aromatic carbocycles. The summed E-state index contributed by atoms with van der Waals surface area (Å²) in [5, 5.41) is 12.6. The predicted octanol–water partition coefficient (Wildman–Crippen LogP) is -0.256. The van der Waals surface area contributed by atoms with Gasteiger partial charge in [0.2, 0.25) is 0 Å². The van der Waals surface area contributed by atoms with Gasteiger partial charge in [-0.1, -0.05) is 0 Å². The molecule has 1 aliphatic carbocycles. The second-order valence-corrected chi connectivity index (χ2v) is 3.56. The first-order chi connectivity index (χ1) is 5.31. The minimum atomic E-state index is -0.124. The predicted molar refractivity (Wildman–Crippen MR) is 41.3 cm³/mol. The summed E-state index contributed by atoms with van der Waals surface area (Å²) < 4.78 is 5.53. The SMILES string of the molecule is CN[C@@H]1CO[C@@H]2C[C@H](O)C[C@H]12. The number of rotatable bonds is 1.